The number of halogens is 1. The van der Waals surface area contributed by atoms with Crippen molar-refractivity contribution in [2.45, 2.75) is 31.4 Å². The molecule has 2 N–H and O–H groups in total. The van der Waals surface area contributed by atoms with Crippen molar-refractivity contribution in [1.29, 1.82) is 0 Å². The van der Waals surface area contributed by atoms with E-state index in [9.17, 15) is 9.18 Å². The van der Waals surface area contributed by atoms with E-state index in [4.69, 9.17) is 14.6 Å². The lowest BCUT2D eigenvalue weighted by molar-refractivity contribution is -0.139. The molecule has 1 unspecified atom stereocenters. The third-order valence-corrected chi connectivity index (χ3v) is 6.74. The fraction of sp³-hybridized carbons (Fsp3) is 0.233. The van der Waals surface area contributed by atoms with E-state index in [1.54, 1.807) is 6.07 Å². The fourth-order valence-electron chi connectivity index (χ4n) is 4.97. The Labute approximate surface area is 209 Å². The van der Waals surface area contributed by atoms with Crippen LogP contribution >= 0.6 is 0 Å². The number of rotatable bonds is 8. The second-order valence-corrected chi connectivity index (χ2v) is 9.14. The number of ether oxygens (including phenoxy) is 2. The van der Waals surface area contributed by atoms with Crippen molar-refractivity contribution in [2.24, 2.45) is 0 Å². The van der Waals surface area contributed by atoms with Gasteiger partial charge >= 0.3 is 5.97 Å². The van der Waals surface area contributed by atoms with Gasteiger partial charge in [-0.3, -0.25) is 0 Å². The minimum Gasteiger partial charge on any atom is -0.489 e. The number of aliphatic carboxylic acids is 1. The highest BCUT2D eigenvalue weighted by Gasteiger charge is 2.30. The van der Waals surface area contributed by atoms with Gasteiger partial charge in [-0.05, 0) is 53.4 Å². The second kappa shape index (κ2) is 10.4. The maximum absolute atomic E-state index is 14.7. The van der Waals surface area contributed by atoms with E-state index in [1.807, 2.05) is 30.3 Å². The smallest absolute Gasteiger partial charge is 0.341 e. The summed E-state index contributed by atoms with van der Waals surface area (Å²) >= 11 is 0. The molecular weight excluding hydrogens is 457 g/mol. The van der Waals surface area contributed by atoms with Gasteiger partial charge in [0.1, 0.15) is 11.9 Å². The zero-order valence-corrected chi connectivity index (χ0v) is 20.0. The van der Waals surface area contributed by atoms with Gasteiger partial charge in [0.15, 0.2) is 18.2 Å². The Kier molecular flexibility index (Phi) is 6.87. The maximum Gasteiger partial charge on any atom is 0.341 e. The third-order valence-electron chi connectivity index (χ3n) is 6.74. The molecular formula is C30H28FNO4. The van der Waals surface area contributed by atoms with Crippen molar-refractivity contribution in [3.63, 3.8) is 0 Å². The average molecular weight is 486 g/mol. The molecule has 0 spiro atoms. The SMILES string of the molecule is CC(NC[C@H]1C[C@@H](c2ccc(OCC(=O)O)c(F)c2)c2ccccc2O1)c1cccc2ccccc12. The Hall–Kier alpha value is -3.90. The minimum atomic E-state index is -1.15. The number of para-hydroxylation sites is 1. The molecule has 6 heteroatoms. The Morgan fingerprint density at radius 2 is 1.86 bits per heavy atom. The highest BCUT2D eigenvalue weighted by Crippen LogP contribution is 2.41. The van der Waals surface area contributed by atoms with Crippen LogP contribution < -0.4 is 14.8 Å². The molecule has 0 amide bonds. The van der Waals surface area contributed by atoms with E-state index in [0.29, 0.717) is 13.0 Å². The molecule has 36 heavy (non-hydrogen) atoms. The van der Waals surface area contributed by atoms with Gasteiger partial charge in [0, 0.05) is 24.1 Å². The molecule has 5 nitrogen and oxygen atoms in total. The first-order chi connectivity index (χ1) is 17.5. The molecule has 5 rings (SSSR count). The summed E-state index contributed by atoms with van der Waals surface area (Å²) in [4.78, 5) is 10.8. The summed E-state index contributed by atoms with van der Waals surface area (Å²) in [5.41, 5.74) is 3.05. The molecule has 4 aromatic rings. The van der Waals surface area contributed by atoms with Crippen molar-refractivity contribution >= 4 is 16.7 Å². The van der Waals surface area contributed by atoms with Crippen LogP contribution in [0.5, 0.6) is 11.5 Å². The van der Waals surface area contributed by atoms with Crippen LogP contribution in [0.25, 0.3) is 10.8 Å². The van der Waals surface area contributed by atoms with E-state index < -0.39 is 18.4 Å². The van der Waals surface area contributed by atoms with E-state index in [0.717, 1.165) is 16.9 Å². The maximum atomic E-state index is 14.7. The van der Waals surface area contributed by atoms with Gasteiger partial charge in [-0.2, -0.15) is 0 Å². The summed E-state index contributed by atoms with van der Waals surface area (Å²) < 4.78 is 26.1. The lowest BCUT2D eigenvalue weighted by atomic mass is 9.84. The van der Waals surface area contributed by atoms with Crippen molar-refractivity contribution in [3.05, 3.63) is 107 Å². The van der Waals surface area contributed by atoms with E-state index in [1.165, 1.54) is 28.5 Å². The Balaban J connectivity index is 1.34. The van der Waals surface area contributed by atoms with Gasteiger partial charge in [-0.15, -0.1) is 0 Å². The normalized spacial score (nSPS) is 17.7. The Morgan fingerprint density at radius 1 is 1.08 bits per heavy atom. The summed E-state index contributed by atoms with van der Waals surface area (Å²) in [7, 11) is 0. The highest BCUT2D eigenvalue weighted by atomic mass is 19.1. The van der Waals surface area contributed by atoms with Crippen LogP contribution in [0.4, 0.5) is 4.39 Å². The van der Waals surface area contributed by atoms with Crippen molar-refractivity contribution in [1.82, 2.24) is 5.32 Å². The van der Waals surface area contributed by atoms with Crippen LogP contribution in [0.2, 0.25) is 0 Å². The molecule has 0 saturated carbocycles. The van der Waals surface area contributed by atoms with Crippen LogP contribution in [0.3, 0.4) is 0 Å². The largest absolute Gasteiger partial charge is 0.489 e. The quantitative estimate of drug-likeness (QED) is 0.317. The van der Waals surface area contributed by atoms with Crippen molar-refractivity contribution in [2.75, 3.05) is 13.2 Å². The van der Waals surface area contributed by atoms with Gasteiger partial charge in [-0.25, -0.2) is 9.18 Å². The number of carboxylic acids is 1. The first kappa shape index (κ1) is 23.8. The number of carboxylic acid groups (broad SMARTS) is 1. The molecule has 1 aliphatic rings. The molecule has 0 radical (unpaired) electrons. The predicted molar refractivity (Wildman–Crippen MR) is 137 cm³/mol. The number of nitrogens with one attached hydrogen (secondary N) is 1. The number of hydrogen-bond acceptors (Lipinski definition) is 4. The second-order valence-electron chi connectivity index (χ2n) is 9.14. The Bertz CT molecular complexity index is 1380. The number of hydrogen-bond donors (Lipinski definition) is 2. The molecule has 3 atom stereocenters. The summed E-state index contributed by atoms with van der Waals surface area (Å²) in [6, 6.07) is 27.4. The average Bonchev–Trinajstić information content (AvgIpc) is 2.90. The van der Waals surface area contributed by atoms with E-state index in [-0.39, 0.29) is 23.8 Å². The zero-order chi connectivity index (χ0) is 25.1. The molecule has 184 valence electrons. The molecule has 0 aromatic heterocycles. The lowest BCUT2D eigenvalue weighted by Gasteiger charge is -2.33. The fourth-order valence-corrected chi connectivity index (χ4v) is 4.97. The van der Waals surface area contributed by atoms with Gasteiger partial charge in [0.05, 0.1) is 0 Å². The molecule has 1 heterocycles. The Morgan fingerprint density at radius 3 is 2.69 bits per heavy atom. The molecule has 0 fully saturated rings. The number of fused-ring (bicyclic) bond motifs is 2. The summed E-state index contributed by atoms with van der Waals surface area (Å²) in [6.07, 6.45) is 0.578. The molecule has 0 saturated heterocycles. The molecule has 0 bridgehead atoms. The molecule has 4 aromatic carbocycles. The minimum absolute atomic E-state index is 0.0577. The standard InChI is InChI=1S/C30H28FNO4/c1-19(23-11-6-8-20-7-2-3-9-24(20)23)32-17-22-16-26(25-10-4-5-12-28(25)36-22)21-13-14-29(27(31)15-21)35-18-30(33)34/h2-15,19,22,26,32H,16-18H2,1H3,(H,33,34)/t19?,22-,26+/m1/s1. The van der Waals surface area contributed by atoms with Gasteiger partial charge < -0.3 is 19.9 Å². The van der Waals surface area contributed by atoms with Gasteiger partial charge in [0.25, 0.3) is 0 Å². The monoisotopic (exact) mass is 485 g/mol. The molecule has 1 aliphatic heterocycles. The first-order valence-corrected chi connectivity index (χ1v) is 12.1. The topological polar surface area (TPSA) is 67.8 Å². The first-order valence-electron chi connectivity index (χ1n) is 12.1. The summed E-state index contributed by atoms with van der Waals surface area (Å²) in [5.74, 6) is -1.05. The highest BCUT2D eigenvalue weighted by molar-refractivity contribution is 5.86. The molecule has 0 aliphatic carbocycles. The van der Waals surface area contributed by atoms with Crippen molar-refractivity contribution < 1.29 is 23.8 Å². The van der Waals surface area contributed by atoms with Gasteiger partial charge in [0.2, 0.25) is 0 Å². The third kappa shape index (κ3) is 5.04. The van der Waals surface area contributed by atoms with Crippen LogP contribution in [0, 0.1) is 5.82 Å². The lowest BCUT2D eigenvalue weighted by Crippen LogP contribution is -2.37. The number of benzene rings is 4. The van der Waals surface area contributed by atoms with Crippen LogP contribution in [-0.2, 0) is 4.79 Å². The summed E-state index contributed by atoms with van der Waals surface area (Å²) in [5, 5.41) is 14.9. The van der Waals surface area contributed by atoms with Crippen molar-refractivity contribution in [3.8, 4) is 11.5 Å². The van der Waals surface area contributed by atoms with Crippen LogP contribution in [0.15, 0.2) is 84.9 Å². The summed E-state index contributed by atoms with van der Waals surface area (Å²) in [6.45, 7) is 2.21. The van der Waals surface area contributed by atoms with Crippen LogP contribution in [0.1, 0.15) is 42.0 Å². The van der Waals surface area contributed by atoms with Crippen LogP contribution in [-0.4, -0.2) is 30.3 Å². The predicted octanol–water partition coefficient (Wildman–Crippen LogP) is 6.08. The van der Waals surface area contributed by atoms with E-state index >= 15 is 0 Å². The number of carbonyl (C=O) groups is 1. The zero-order valence-electron chi connectivity index (χ0n) is 20.0. The van der Waals surface area contributed by atoms with E-state index in [2.05, 4.69) is 48.6 Å². The van der Waals surface area contributed by atoms with Gasteiger partial charge in [-0.1, -0.05) is 66.7 Å².